The predicted octanol–water partition coefficient (Wildman–Crippen LogP) is 2.22. The molecule has 0 aromatic carbocycles. The van der Waals surface area contributed by atoms with Gasteiger partial charge in [0.1, 0.15) is 0 Å². The van der Waals surface area contributed by atoms with E-state index in [0.717, 1.165) is 23.6 Å². The standard InChI is InChI=1S/C8H10ClNS/c9-8-4-5-3-6(10)1-2-7(5)11-8/h4,6H,1-3,10H2. The Balaban J connectivity index is 2.34. The highest BCUT2D eigenvalue weighted by atomic mass is 35.5. The lowest BCUT2D eigenvalue weighted by molar-refractivity contribution is 0.583. The van der Waals surface area contributed by atoms with E-state index < -0.39 is 0 Å². The predicted molar refractivity (Wildman–Crippen MR) is 49.3 cm³/mol. The zero-order valence-electron chi connectivity index (χ0n) is 6.14. The van der Waals surface area contributed by atoms with E-state index in [1.54, 1.807) is 11.3 Å². The molecule has 2 rings (SSSR count). The van der Waals surface area contributed by atoms with Gasteiger partial charge in [0.15, 0.2) is 0 Å². The molecule has 0 aliphatic heterocycles. The average molecular weight is 188 g/mol. The number of nitrogens with two attached hydrogens (primary N) is 1. The van der Waals surface area contributed by atoms with E-state index in [0.29, 0.717) is 6.04 Å². The normalized spacial score (nSPS) is 23.3. The molecule has 1 heterocycles. The molecule has 1 nitrogen and oxygen atoms in total. The highest BCUT2D eigenvalue weighted by Crippen LogP contribution is 2.31. The average Bonchev–Trinajstić information content (AvgIpc) is 2.27. The van der Waals surface area contributed by atoms with Gasteiger partial charge in [-0.15, -0.1) is 11.3 Å². The van der Waals surface area contributed by atoms with Gasteiger partial charge >= 0.3 is 0 Å². The first-order valence-electron chi connectivity index (χ1n) is 3.78. The molecule has 1 aromatic heterocycles. The number of fused-ring (bicyclic) bond motifs is 1. The first-order chi connectivity index (χ1) is 5.25. The molecule has 1 aromatic rings. The van der Waals surface area contributed by atoms with Crippen LogP contribution in [0, 0.1) is 0 Å². The van der Waals surface area contributed by atoms with Gasteiger partial charge in [-0.1, -0.05) is 11.6 Å². The Labute approximate surface area is 75.2 Å². The number of hydrogen-bond acceptors (Lipinski definition) is 2. The molecule has 0 saturated carbocycles. The molecule has 1 aliphatic rings. The number of halogens is 1. The fraction of sp³-hybridized carbons (Fsp3) is 0.500. The minimum Gasteiger partial charge on any atom is -0.327 e. The maximum absolute atomic E-state index is 5.88. The van der Waals surface area contributed by atoms with Crippen LogP contribution in [0.25, 0.3) is 0 Å². The molecular weight excluding hydrogens is 178 g/mol. The van der Waals surface area contributed by atoms with Gasteiger partial charge < -0.3 is 5.73 Å². The molecule has 3 heteroatoms. The second-order valence-corrected chi connectivity index (χ2v) is 4.77. The summed E-state index contributed by atoms with van der Waals surface area (Å²) in [5, 5.41) is 0. The van der Waals surface area contributed by atoms with Crippen molar-refractivity contribution in [1.82, 2.24) is 0 Å². The van der Waals surface area contributed by atoms with Crippen molar-refractivity contribution >= 4 is 22.9 Å². The van der Waals surface area contributed by atoms with Crippen LogP contribution in [0.4, 0.5) is 0 Å². The van der Waals surface area contributed by atoms with Crippen molar-refractivity contribution in [1.29, 1.82) is 0 Å². The van der Waals surface area contributed by atoms with Crippen molar-refractivity contribution in [3.05, 3.63) is 20.8 Å². The zero-order chi connectivity index (χ0) is 7.84. The number of hydrogen-bond donors (Lipinski definition) is 1. The Morgan fingerprint density at radius 2 is 2.45 bits per heavy atom. The van der Waals surface area contributed by atoms with Gasteiger partial charge in [0, 0.05) is 10.9 Å². The molecule has 1 unspecified atom stereocenters. The van der Waals surface area contributed by atoms with Gasteiger partial charge in [-0.3, -0.25) is 0 Å². The fourth-order valence-corrected chi connectivity index (χ4v) is 2.86. The fourth-order valence-electron chi connectivity index (χ4n) is 1.52. The van der Waals surface area contributed by atoms with E-state index >= 15 is 0 Å². The summed E-state index contributed by atoms with van der Waals surface area (Å²) in [6, 6.07) is 2.41. The summed E-state index contributed by atoms with van der Waals surface area (Å²) in [4.78, 5) is 1.44. The van der Waals surface area contributed by atoms with Crippen LogP contribution in [-0.2, 0) is 12.8 Å². The molecule has 1 aliphatic carbocycles. The van der Waals surface area contributed by atoms with Gasteiger partial charge in [-0.05, 0) is 30.9 Å². The Hall–Kier alpha value is -0.0500. The van der Waals surface area contributed by atoms with Crippen molar-refractivity contribution in [2.75, 3.05) is 0 Å². The van der Waals surface area contributed by atoms with Crippen LogP contribution in [0.2, 0.25) is 4.34 Å². The quantitative estimate of drug-likeness (QED) is 0.663. The van der Waals surface area contributed by atoms with Gasteiger partial charge in [0.2, 0.25) is 0 Å². The maximum atomic E-state index is 5.88. The third-order valence-corrected chi connectivity index (χ3v) is 3.46. The highest BCUT2D eigenvalue weighted by Gasteiger charge is 2.17. The number of rotatable bonds is 0. The van der Waals surface area contributed by atoms with Crippen LogP contribution in [0.15, 0.2) is 6.07 Å². The van der Waals surface area contributed by atoms with E-state index in [1.807, 2.05) is 0 Å². The highest BCUT2D eigenvalue weighted by molar-refractivity contribution is 7.16. The number of aryl methyl sites for hydroxylation is 1. The SMILES string of the molecule is NC1CCc2sc(Cl)cc2C1. The first-order valence-corrected chi connectivity index (χ1v) is 4.98. The molecule has 0 spiro atoms. The zero-order valence-corrected chi connectivity index (χ0v) is 7.71. The topological polar surface area (TPSA) is 26.0 Å². The molecule has 0 fully saturated rings. The molecule has 2 N–H and O–H groups in total. The van der Waals surface area contributed by atoms with Crippen molar-refractivity contribution in [2.24, 2.45) is 5.73 Å². The van der Waals surface area contributed by atoms with E-state index in [9.17, 15) is 0 Å². The minimum absolute atomic E-state index is 0.355. The van der Waals surface area contributed by atoms with Crippen LogP contribution in [0.5, 0.6) is 0 Å². The Morgan fingerprint density at radius 3 is 3.27 bits per heavy atom. The first kappa shape index (κ1) is 7.59. The molecule has 0 radical (unpaired) electrons. The van der Waals surface area contributed by atoms with E-state index in [1.165, 1.54) is 10.4 Å². The summed E-state index contributed by atoms with van der Waals surface area (Å²) < 4.78 is 0.907. The van der Waals surface area contributed by atoms with Crippen LogP contribution in [-0.4, -0.2) is 6.04 Å². The van der Waals surface area contributed by atoms with Crippen LogP contribution < -0.4 is 5.73 Å². The molecule has 1 atom stereocenters. The van der Waals surface area contributed by atoms with E-state index in [-0.39, 0.29) is 0 Å². The summed E-state index contributed by atoms with van der Waals surface area (Å²) in [6.45, 7) is 0. The maximum Gasteiger partial charge on any atom is 0.0934 e. The molecular formula is C8H10ClNS. The molecule has 60 valence electrons. The molecule has 0 bridgehead atoms. The van der Waals surface area contributed by atoms with Crippen LogP contribution >= 0.6 is 22.9 Å². The summed E-state index contributed by atoms with van der Waals surface area (Å²) in [7, 11) is 0. The lowest BCUT2D eigenvalue weighted by Crippen LogP contribution is -2.26. The Bertz CT molecular complexity index is 269. The second-order valence-electron chi connectivity index (χ2n) is 3.00. The molecule has 0 saturated heterocycles. The van der Waals surface area contributed by atoms with Crippen LogP contribution in [0.1, 0.15) is 16.9 Å². The van der Waals surface area contributed by atoms with Gasteiger partial charge in [0.25, 0.3) is 0 Å². The van der Waals surface area contributed by atoms with Gasteiger partial charge in [-0.2, -0.15) is 0 Å². The van der Waals surface area contributed by atoms with Crippen molar-refractivity contribution in [2.45, 2.75) is 25.3 Å². The summed E-state index contributed by atoms with van der Waals surface area (Å²) in [5.41, 5.74) is 7.19. The van der Waals surface area contributed by atoms with Crippen molar-refractivity contribution < 1.29 is 0 Å². The summed E-state index contributed by atoms with van der Waals surface area (Å²) >= 11 is 7.58. The molecule has 11 heavy (non-hydrogen) atoms. The monoisotopic (exact) mass is 187 g/mol. The van der Waals surface area contributed by atoms with Crippen molar-refractivity contribution in [3.63, 3.8) is 0 Å². The third-order valence-electron chi connectivity index (χ3n) is 2.09. The van der Waals surface area contributed by atoms with E-state index in [2.05, 4.69) is 6.07 Å². The molecule has 0 amide bonds. The lowest BCUT2D eigenvalue weighted by atomic mass is 9.95. The summed E-state index contributed by atoms with van der Waals surface area (Å²) in [5.74, 6) is 0. The largest absolute Gasteiger partial charge is 0.327 e. The Kier molecular flexibility index (Phi) is 1.91. The van der Waals surface area contributed by atoms with Crippen molar-refractivity contribution in [3.8, 4) is 0 Å². The van der Waals surface area contributed by atoms with Crippen LogP contribution in [0.3, 0.4) is 0 Å². The van der Waals surface area contributed by atoms with E-state index in [4.69, 9.17) is 17.3 Å². The summed E-state index contributed by atoms with van der Waals surface area (Å²) in [6.07, 6.45) is 3.25. The lowest BCUT2D eigenvalue weighted by Gasteiger charge is -2.16. The smallest absolute Gasteiger partial charge is 0.0934 e. The Morgan fingerprint density at radius 1 is 1.64 bits per heavy atom. The third kappa shape index (κ3) is 1.43. The van der Waals surface area contributed by atoms with Gasteiger partial charge in [0.05, 0.1) is 4.34 Å². The number of thiophene rings is 1. The minimum atomic E-state index is 0.355. The van der Waals surface area contributed by atoms with Gasteiger partial charge in [-0.25, -0.2) is 0 Å². The second kappa shape index (κ2) is 2.77.